The molecule has 2 aromatic rings. The lowest BCUT2D eigenvalue weighted by Crippen LogP contribution is -2.24. The van der Waals surface area contributed by atoms with E-state index in [1.165, 1.54) is 18.2 Å². The van der Waals surface area contributed by atoms with Crippen molar-refractivity contribution in [2.75, 3.05) is 5.32 Å². The molecule has 0 saturated heterocycles. The van der Waals surface area contributed by atoms with Crippen molar-refractivity contribution in [3.05, 3.63) is 67.7 Å². The number of nitrogens with zero attached hydrogens (tertiary/aromatic N) is 1. The monoisotopic (exact) mass is 330 g/mol. The maximum Gasteiger partial charge on any atom is 0.269 e. The highest BCUT2D eigenvalue weighted by Gasteiger charge is 2.29. The molecule has 1 heterocycles. The molecule has 0 radical (unpaired) electrons. The summed E-state index contributed by atoms with van der Waals surface area (Å²) in [5, 5.41) is 14.3. The van der Waals surface area contributed by atoms with Gasteiger partial charge in [-0.15, -0.1) is 0 Å². The number of amides is 1. The number of hydrogen-bond acceptors (Lipinski definition) is 3. The summed E-state index contributed by atoms with van der Waals surface area (Å²) in [5.41, 5.74) is 4.45. The number of nitrogens with one attached hydrogen (secondary N) is 1. The Balaban J connectivity index is 2.18. The summed E-state index contributed by atoms with van der Waals surface area (Å²) in [6.07, 6.45) is 0.219. The van der Waals surface area contributed by atoms with Crippen LogP contribution in [0.1, 0.15) is 34.6 Å². The molecule has 5 nitrogen and oxygen atoms in total. The zero-order chi connectivity index (χ0) is 16.7. The molecule has 1 amide bonds. The van der Waals surface area contributed by atoms with Gasteiger partial charge in [0, 0.05) is 35.2 Å². The number of rotatable bonds is 2. The number of carbonyl (C=O) groups excluding carboxylic acids is 1. The van der Waals surface area contributed by atoms with Crippen molar-refractivity contribution in [3.63, 3.8) is 0 Å². The van der Waals surface area contributed by atoms with Gasteiger partial charge in [-0.25, -0.2) is 0 Å². The average molecular weight is 331 g/mol. The lowest BCUT2D eigenvalue weighted by atomic mass is 9.83. The minimum absolute atomic E-state index is 0.0271. The number of nitro groups is 1. The van der Waals surface area contributed by atoms with E-state index < -0.39 is 4.92 Å². The number of anilines is 1. The highest BCUT2D eigenvalue weighted by atomic mass is 35.5. The van der Waals surface area contributed by atoms with Gasteiger partial charge in [-0.1, -0.05) is 17.7 Å². The first kappa shape index (κ1) is 15.5. The maximum atomic E-state index is 12.0. The van der Waals surface area contributed by atoms with E-state index in [9.17, 15) is 14.9 Å². The van der Waals surface area contributed by atoms with Gasteiger partial charge in [-0.3, -0.25) is 14.9 Å². The molecule has 118 valence electrons. The molecule has 6 heteroatoms. The summed E-state index contributed by atoms with van der Waals surface area (Å²) in [5.74, 6) is -0.404. The van der Waals surface area contributed by atoms with Gasteiger partial charge in [-0.05, 0) is 48.2 Å². The van der Waals surface area contributed by atoms with Crippen LogP contribution in [0.2, 0.25) is 5.02 Å². The molecule has 0 bridgehead atoms. The van der Waals surface area contributed by atoms with Crippen LogP contribution in [0.3, 0.4) is 0 Å². The molecule has 0 aromatic heterocycles. The molecule has 2 aromatic carbocycles. The van der Waals surface area contributed by atoms with Gasteiger partial charge in [0.25, 0.3) is 5.69 Å². The van der Waals surface area contributed by atoms with Crippen LogP contribution in [-0.4, -0.2) is 10.8 Å². The molecule has 3 rings (SSSR count). The summed E-state index contributed by atoms with van der Waals surface area (Å²) in [6.45, 7) is 3.98. The lowest BCUT2D eigenvalue weighted by Gasteiger charge is -2.27. The largest absolute Gasteiger partial charge is 0.326 e. The fraction of sp³-hybridized carbons (Fsp3) is 0.235. The molecule has 1 atom stereocenters. The highest BCUT2D eigenvalue weighted by molar-refractivity contribution is 6.31. The van der Waals surface area contributed by atoms with Crippen LogP contribution >= 0.6 is 11.6 Å². The number of fused-ring (bicyclic) bond motifs is 1. The molecule has 1 aliphatic heterocycles. The molecule has 23 heavy (non-hydrogen) atoms. The van der Waals surface area contributed by atoms with E-state index >= 15 is 0 Å². The predicted octanol–water partition coefficient (Wildman–Crippen LogP) is 4.34. The van der Waals surface area contributed by atoms with E-state index in [0.29, 0.717) is 10.6 Å². The Hall–Kier alpha value is -2.40. The normalized spacial score (nSPS) is 16.7. The van der Waals surface area contributed by atoms with Crippen molar-refractivity contribution in [2.45, 2.75) is 26.2 Å². The number of non-ortho nitro benzene ring substituents is 1. The average Bonchev–Trinajstić information content (AvgIpc) is 2.48. The number of halogens is 1. The molecule has 0 spiro atoms. The molecular weight excluding hydrogens is 316 g/mol. The molecule has 0 aliphatic carbocycles. The predicted molar refractivity (Wildman–Crippen MR) is 89.1 cm³/mol. The van der Waals surface area contributed by atoms with Crippen LogP contribution in [-0.2, 0) is 4.79 Å². The van der Waals surface area contributed by atoms with Crippen molar-refractivity contribution in [1.29, 1.82) is 0 Å². The third kappa shape index (κ3) is 2.80. The van der Waals surface area contributed by atoms with Gasteiger partial charge in [0.15, 0.2) is 0 Å². The third-order valence-electron chi connectivity index (χ3n) is 4.27. The van der Waals surface area contributed by atoms with E-state index in [1.807, 2.05) is 26.0 Å². The van der Waals surface area contributed by atoms with Gasteiger partial charge in [0.2, 0.25) is 5.91 Å². The number of aryl methyl sites for hydroxylation is 2. The first-order chi connectivity index (χ1) is 10.9. The summed E-state index contributed by atoms with van der Waals surface area (Å²) >= 11 is 6.27. The number of carbonyl (C=O) groups is 1. The molecule has 1 aliphatic rings. The van der Waals surface area contributed by atoms with Crippen LogP contribution in [0, 0.1) is 24.0 Å². The van der Waals surface area contributed by atoms with Gasteiger partial charge >= 0.3 is 0 Å². The topological polar surface area (TPSA) is 72.2 Å². The van der Waals surface area contributed by atoms with Crippen LogP contribution < -0.4 is 5.32 Å². The van der Waals surface area contributed by atoms with Gasteiger partial charge in [0.05, 0.1) is 4.92 Å². The summed E-state index contributed by atoms with van der Waals surface area (Å²) in [4.78, 5) is 22.6. The van der Waals surface area contributed by atoms with E-state index in [0.717, 1.165) is 22.4 Å². The first-order valence-electron chi connectivity index (χ1n) is 7.21. The molecule has 0 unspecified atom stereocenters. The van der Waals surface area contributed by atoms with E-state index in [4.69, 9.17) is 11.6 Å². The Morgan fingerprint density at radius 3 is 2.57 bits per heavy atom. The van der Waals surface area contributed by atoms with Gasteiger partial charge < -0.3 is 5.32 Å². The Kier molecular flexibility index (Phi) is 3.82. The highest BCUT2D eigenvalue weighted by Crippen LogP contribution is 2.41. The first-order valence-corrected chi connectivity index (χ1v) is 7.59. The fourth-order valence-electron chi connectivity index (χ4n) is 2.92. The van der Waals surface area contributed by atoms with Crippen molar-refractivity contribution in [1.82, 2.24) is 0 Å². The molecule has 0 fully saturated rings. The number of nitro benzene ring substituents is 1. The SMILES string of the molecule is Cc1cc2c(cc1C)[C@H](c1cc([N+](=O)[O-])ccc1Cl)CC(=O)N2. The zero-order valence-corrected chi connectivity index (χ0v) is 13.5. The number of benzene rings is 2. The lowest BCUT2D eigenvalue weighted by molar-refractivity contribution is -0.384. The molecular formula is C17H15ClN2O3. The zero-order valence-electron chi connectivity index (χ0n) is 12.7. The van der Waals surface area contributed by atoms with Crippen LogP contribution in [0.5, 0.6) is 0 Å². The second-order valence-corrected chi connectivity index (χ2v) is 6.20. The molecule has 0 saturated carbocycles. The van der Waals surface area contributed by atoms with Crippen molar-refractivity contribution >= 4 is 28.9 Å². The van der Waals surface area contributed by atoms with Gasteiger partial charge in [0.1, 0.15) is 0 Å². The smallest absolute Gasteiger partial charge is 0.269 e. The van der Waals surface area contributed by atoms with E-state index in [-0.39, 0.29) is 23.9 Å². The van der Waals surface area contributed by atoms with Crippen LogP contribution in [0.25, 0.3) is 0 Å². The fourth-order valence-corrected chi connectivity index (χ4v) is 3.17. The van der Waals surface area contributed by atoms with E-state index in [2.05, 4.69) is 5.32 Å². The Morgan fingerprint density at radius 1 is 1.17 bits per heavy atom. The van der Waals surface area contributed by atoms with Crippen molar-refractivity contribution < 1.29 is 9.72 Å². The summed E-state index contributed by atoms with van der Waals surface area (Å²) in [7, 11) is 0. The maximum absolute atomic E-state index is 12.0. The summed E-state index contributed by atoms with van der Waals surface area (Å²) in [6, 6.07) is 8.30. The molecule has 1 N–H and O–H groups in total. The Labute approximate surface area is 138 Å². The minimum atomic E-state index is -0.454. The van der Waals surface area contributed by atoms with E-state index in [1.54, 1.807) is 0 Å². The second kappa shape index (κ2) is 5.66. The van der Waals surface area contributed by atoms with Crippen molar-refractivity contribution in [2.24, 2.45) is 0 Å². The standard InChI is InChI=1S/C17H15ClN2O3/c1-9-5-14-12(8-17(21)19-16(14)6-10(9)2)13-7-11(20(22)23)3-4-15(13)18/h3-7,12H,8H2,1-2H3,(H,19,21)/t12-/m0/s1. The quantitative estimate of drug-likeness (QED) is 0.657. The van der Waals surface area contributed by atoms with Crippen LogP contribution in [0.15, 0.2) is 30.3 Å². The van der Waals surface area contributed by atoms with Gasteiger partial charge in [-0.2, -0.15) is 0 Å². The van der Waals surface area contributed by atoms with Crippen LogP contribution in [0.4, 0.5) is 11.4 Å². The third-order valence-corrected chi connectivity index (χ3v) is 4.61. The Bertz CT molecular complexity index is 833. The van der Waals surface area contributed by atoms with Crippen molar-refractivity contribution in [3.8, 4) is 0 Å². The minimum Gasteiger partial charge on any atom is -0.326 e. The number of hydrogen-bond donors (Lipinski definition) is 1. The Morgan fingerprint density at radius 2 is 1.87 bits per heavy atom. The second-order valence-electron chi connectivity index (χ2n) is 5.79. The summed E-state index contributed by atoms with van der Waals surface area (Å²) < 4.78 is 0.